The van der Waals surface area contributed by atoms with Crippen LogP contribution in [0.15, 0.2) is 24.5 Å². The summed E-state index contributed by atoms with van der Waals surface area (Å²) in [6.07, 6.45) is 2.80. The fourth-order valence-electron chi connectivity index (χ4n) is 2.23. The molecule has 0 N–H and O–H groups in total. The average Bonchev–Trinajstić information content (AvgIpc) is 2.56. The molecule has 1 aromatic carbocycles. The second-order valence-electron chi connectivity index (χ2n) is 4.80. The highest BCUT2D eigenvalue weighted by Gasteiger charge is 2.18. The van der Waals surface area contributed by atoms with Crippen molar-refractivity contribution >= 4 is 11.6 Å². The molecule has 0 spiro atoms. The van der Waals surface area contributed by atoms with Gasteiger partial charge >= 0.3 is 0 Å². The van der Waals surface area contributed by atoms with Crippen LogP contribution in [0.3, 0.4) is 0 Å². The Labute approximate surface area is 114 Å². The van der Waals surface area contributed by atoms with Crippen LogP contribution in [0.4, 0.5) is 0 Å². The number of halogens is 1. The normalized spacial score (nSPS) is 15.9. The maximum atomic E-state index is 6.31. The SMILES string of the molecule is C=C(CC)Oc1ccc(Cl)c2c1CCN(C)CC2. The molecule has 3 heteroatoms. The minimum atomic E-state index is 0.803. The van der Waals surface area contributed by atoms with E-state index in [9.17, 15) is 0 Å². The molecule has 0 saturated heterocycles. The highest BCUT2D eigenvalue weighted by molar-refractivity contribution is 6.31. The van der Waals surface area contributed by atoms with E-state index < -0.39 is 0 Å². The molecule has 0 saturated carbocycles. The predicted molar refractivity (Wildman–Crippen MR) is 76.4 cm³/mol. The second-order valence-corrected chi connectivity index (χ2v) is 5.21. The lowest BCUT2D eigenvalue weighted by atomic mass is 10.0. The number of hydrogen-bond donors (Lipinski definition) is 0. The first kappa shape index (κ1) is 13.4. The third-order valence-corrected chi connectivity index (χ3v) is 3.82. The first-order valence-corrected chi connectivity index (χ1v) is 6.84. The van der Waals surface area contributed by atoms with Crippen LogP contribution in [-0.4, -0.2) is 25.0 Å². The lowest BCUT2D eigenvalue weighted by Gasteiger charge is -2.15. The molecule has 1 aromatic rings. The fraction of sp³-hybridized carbons (Fsp3) is 0.467. The van der Waals surface area contributed by atoms with Gasteiger partial charge in [0, 0.05) is 30.1 Å². The van der Waals surface area contributed by atoms with E-state index in [1.807, 2.05) is 19.1 Å². The van der Waals surface area contributed by atoms with Gasteiger partial charge < -0.3 is 9.64 Å². The number of fused-ring (bicyclic) bond motifs is 1. The van der Waals surface area contributed by atoms with Crippen LogP contribution < -0.4 is 4.74 Å². The molecule has 18 heavy (non-hydrogen) atoms. The Hall–Kier alpha value is -0.990. The number of rotatable bonds is 3. The monoisotopic (exact) mass is 265 g/mol. The van der Waals surface area contributed by atoms with Crippen LogP contribution in [0.25, 0.3) is 0 Å². The fourth-order valence-corrected chi connectivity index (χ4v) is 2.50. The Bertz CT molecular complexity index is 456. The molecule has 1 aliphatic rings. The maximum absolute atomic E-state index is 6.31. The molecule has 2 nitrogen and oxygen atoms in total. The molecule has 0 fully saturated rings. The highest BCUT2D eigenvalue weighted by Crippen LogP contribution is 2.32. The molecule has 0 amide bonds. The third kappa shape index (κ3) is 2.88. The van der Waals surface area contributed by atoms with Gasteiger partial charge in [-0.25, -0.2) is 0 Å². The van der Waals surface area contributed by atoms with Crippen molar-refractivity contribution in [2.75, 3.05) is 20.1 Å². The molecule has 0 radical (unpaired) electrons. The van der Waals surface area contributed by atoms with Crippen molar-refractivity contribution in [3.63, 3.8) is 0 Å². The number of hydrogen-bond acceptors (Lipinski definition) is 2. The summed E-state index contributed by atoms with van der Waals surface area (Å²) in [5, 5.41) is 0.856. The Morgan fingerprint density at radius 3 is 2.67 bits per heavy atom. The molecule has 0 aliphatic carbocycles. The van der Waals surface area contributed by atoms with Gasteiger partial charge in [0.1, 0.15) is 5.75 Å². The van der Waals surface area contributed by atoms with Crippen molar-refractivity contribution in [3.8, 4) is 5.75 Å². The van der Waals surface area contributed by atoms with Gasteiger partial charge in [-0.05, 0) is 37.6 Å². The molecule has 1 heterocycles. The first-order valence-electron chi connectivity index (χ1n) is 6.46. The van der Waals surface area contributed by atoms with E-state index in [0.717, 1.165) is 48.9 Å². The lowest BCUT2D eigenvalue weighted by molar-refractivity contribution is 0.350. The van der Waals surface area contributed by atoms with Crippen molar-refractivity contribution in [3.05, 3.63) is 40.6 Å². The van der Waals surface area contributed by atoms with Crippen molar-refractivity contribution in [2.45, 2.75) is 26.2 Å². The predicted octanol–water partition coefficient (Wildman–Crippen LogP) is 3.67. The lowest BCUT2D eigenvalue weighted by Crippen LogP contribution is -2.20. The summed E-state index contributed by atoms with van der Waals surface area (Å²) >= 11 is 6.31. The summed E-state index contributed by atoms with van der Waals surface area (Å²) < 4.78 is 5.84. The summed E-state index contributed by atoms with van der Waals surface area (Å²) in [5.74, 6) is 1.73. The van der Waals surface area contributed by atoms with Crippen LogP contribution in [-0.2, 0) is 12.8 Å². The number of likely N-dealkylation sites (N-methyl/N-ethyl adjacent to an activating group) is 1. The van der Waals surface area contributed by atoms with Crippen LogP contribution in [0.2, 0.25) is 5.02 Å². The van der Waals surface area contributed by atoms with Gasteiger partial charge in [-0.3, -0.25) is 0 Å². The second kappa shape index (κ2) is 5.77. The Kier molecular flexibility index (Phi) is 4.31. The standard InChI is InChI=1S/C15H20ClNO/c1-4-11(2)18-15-6-5-14(16)12-7-9-17(3)10-8-13(12)15/h5-6H,2,4,7-10H2,1,3H3. The van der Waals surface area contributed by atoms with Gasteiger partial charge in [-0.2, -0.15) is 0 Å². The average molecular weight is 266 g/mol. The van der Waals surface area contributed by atoms with Gasteiger partial charge in [-0.1, -0.05) is 25.1 Å². The van der Waals surface area contributed by atoms with Gasteiger partial charge in [0.05, 0.1) is 5.76 Å². The molecule has 0 unspecified atom stereocenters. The summed E-state index contributed by atoms with van der Waals surface area (Å²) in [4.78, 5) is 2.33. The van der Waals surface area contributed by atoms with E-state index in [0.29, 0.717) is 0 Å². The number of allylic oxidation sites excluding steroid dienone is 1. The van der Waals surface area contributed by atoms with Gasteiger partial charge in [0.25, 0.3) is 0 Å². The van der Waals surface area contributed by atoms with E-state index in [4.69, 9.17) is 16.3 Å². The zero-order valence-corrected chi connectivity index (χ0v) is 11.9. The molecular weight excluding hydrogens is 246 g/mol. The maximum Gasteiger partial charge on any atom is 0.130 e. The first-order chi connectivity index (χ1) is 8.61. The molecule has 0 aromatic heterocycles. The zero-order valence-electron chi connectivity index (χ0n) is 11.1. The van der Waals surface area contributed by atoms with Crippen molar-refractivity contribution in [1.29, 1.82) is 0 Å². The van der Waals surface area contributed by atoms with Gasteiger partial charge in [0.15, 0.2) is 0 Å². The minimum absolute atomic E-state index is 0.803. The summed E-state index contributed by atoms with van der Waals surface area (Å²) in [5.41, 5.74) is 2.49. The Balaban J connectivity index is 2.35. The minimum Gasteiger partial charge on any atom is -0.462 e. The van der Waals surface area contributed by atoms with E-state index in [2.05, 4.69) is 18.5 Å². The van der Waals surface area contributed by atoms with Crippen LogP contribution in [0.5, 0.6) is 5.75 Å². The largest absolute Gasteiger partial charge is 0.462 e. The number of benzene rings is 1. The number of ether oxygens (including phenoxy) is 1. The van der Waals surface area contributed by atoms with Crippen LogP contribution in [0.1, 0.15) is 24.5 Å². The van der Waals surface area contributed by atoms with Gasteiger partial charge in [0.2, 0.25) is 0 Å². The molecule has 0 atom stereocenters. The summed E-state index contributed by atoms with van der Waals surface area (Å²) in [6, 6.07) is 3.90. The molecular formula is C15H20ClNO. The van der Waals surface area contributed by atoms with Crippen LogP contribution >= 0.6 is 11.6 Å². The highest BCUT2D eigenvalue weighted by atomic mass is 35.5. The quantitative estimate of drug-likeness (QED) is 0.773. The molecule has 98 valence electrons. The topological polar surface area (TPSA) is 12.5 Å². The van der Waals surface area contributed by atoms with E-state index >= 15 is 0 Å². The smallest absolute Gasteiger partial charge is 0.130 e. The number of nitrogens with zero attached hydrogens (tertiary/aromatic N) is 1. The summed E-state index contributed by atoms with van der Waals surface area (Å²) in [6.45, 7) is 8.05. The van der Waals surface area contributed by atoms with Crippen molar-refractivity contribution < 1.29 is 4.74 Å². The third-order valence-electron chi connectivity index (χ3n) is 3.47. The van der Waals surface area contributed by atoms with Gasteiger partial charge in [-0.15, -0.1) is 0 Å². The van der Waals surface area contributed by atoms with Crippen molar-refractivity contribution in [2.24, 2.45) is 0 Å². The molecule has 0 bridgehead atoms. The summed E-state index contributed by atoms with van der Waals surface area (Å²) in [7, 11) is 2.14. The Morgan fingerprint density at radius 2 is 2.00 bits per heavy atom. The zero-order chi connectivity index (χ0) is 13.1. The Morgan fingerprint density at radius 1 is 1.33 bits per heavy atom. The van der Waals surface area contributed by atoms with Crippen LogP contribution in [0, 0.1) is 0 Å². The van der Waals surface area contributed by atoms with Crippen molar-refractivity contribution in [1.82, 2.24) is 4.90 Å². The molecule has 2 rings (SSSR count). The van der Waals surface area contributed by atoms with E-state index in [1.54, 1.807) is 0 Å². The van der Waals surface area contributed by atoms with E-state index in [-0.39, 0.29) is 0 Å². The molecule has 1 aliphatic heterocycles. The van der Waals surface area contributed by atoms with E-state index in [1.165, 1.54) is 11.1 Å².